The number of anilines is 1. The second-order valence-corrected chi connectivity index (χ2v) is 8.83. The van der Waals surface area contributed by atoms with Gasteiger partial charge in [-0.25, -0.2) is 4.98 Å². The Morgan fingerprint density at radius 1 is 0.829 bits per heavy atom. The highest BCUT2D eigenvalue weighted by atomic mass is 32.1. The second-order valence-electron chi connectivity index (χ2n) is 7.83. The number of unbranched alkanes of at least 4 members (excludes halogenated alkanes) is 1. The smallest absolute Gasteiger partial charge is 0.257 e. The van der Waals surface area contributed by atoms with Crippen molar-refractivity contribution in [3.05, 3.63) is 78.4 Å². The van der Waals surface area contributed by atoms with Crippen LogP contribution in [0.1, 0.15) is 30.1 Å². The molecular weight excluding hydrogens is 460 g/mol. The summed E-state index contributed by atoms with van der Waals surface area (Å²) in [6, 6.07) is 22.7. The van der Waals surface area contributed by atoms with Gasteiger partial charge in [0.15, 0.2) is 5.13 Å². The number of aromatic nitrogens is 1. The van der Waals surface area contributed by atoms with Crippen molar-refractivity contribution < 1.29 is 19.0 Å². The minimum absolute atomic E-state index is 0.221. The third-order valence-corrected chi connectivity index (χ3v) is 6.47. The molecule has 4 aromatic rings. The molecule has 180 valence electrons. The fraction of sp³-hybridized carbons (Fsp3) is 0.214. The van der Waals surface area contributed by atoms with Crippen molar-refractivity contribution in [1.82, 2.24) is 4.98 Å². The number of carbonyl (C=O) groups is 1. The number of amides is 1. The maximum Gasteiger partial charge on any atom is 0.257 e. The summed E-state index contributed by atoms with van der Waals surface area (Å²) in [5.41, 5.74) is 3.25. The van der Waals surface area contributed by atoms with Crippen LogP contribution in [0.15, 0.2) is 72.8 Å². The maximum atomic E-state index is 12.9. The van der Waals surface area contributed by atoms with Crippen LogP contribution >= 0.6 is 11.3 Å². The van der Waals surface area contributed by atoms with Gasteiger partial charge in [-0.05, 0) is 84.8 Å². The molecule has 0 aliphatic heterocycles. The highest BCUT2D eigenvalue weighted by Crippen LogP contribution is 2.40. The van der Waals surface area contributed by atoms with Gasteiger partial charge < -0.3 is 14.2 Å². The number of benzene rings is 3. The lowest BCUT2D eigenvalue weighted by atomic mass is 10.1. The third kappa shape index (κ3) is 6.00. The molecule has 0 spiro atoms. The Morgan fingerprint density at radius 2 is 1.40 bits per heavy atom. The van der Waals surface area contributed by atoms with Crippen molar-refractivity contribution in [2.75, 3.05) is 26.1 Å². The molecule has 0 saturated carbocycles. The predicted octanol–water partition coefficient (Wildman–Crippen LogP) is 6.93. The van der Waals surface area contributed by atoms with Gasteiger partial charge in [0.1, 0.15) is 17.2 Å². The molecule has 6 nitrogen and oxygen atoms in total. The molecule has 1 heterocycles. The van der Waals surface area contributed by atoms with E-state index >= 15 is 0 Å². The fourth-order valence-corrected chi connectivity index (χ4v) is 4.45. The number of methoxy groups -OCH3 is 2. The first-order valence-corrected chi connectivity index (χ1v) is 12.3. The Morgan fingerprint density at radius 3 is 1.97 bits per heavy atom. The summed E-state index contributed by atoms with van der Waals surface area (Å²) in [4.78, 5) is 18.7. The summed E-state index contributed by atoms with van der Waals surface area (Å²) >= 11 is 1.43. The molecule has 0 unspecified atom stereocenters. The monoisotopic (exact) mass is 488 g/mol. The van der Waals surface area contributed by atoms with E-state index in [1.165, 1.54) is 11.3 Å². The summed E-state index contributed by atoms with van der Waals surface area (Å²) in [7, 11) is 3.28. The van der Waals surface area contributed by atoms with Crippen LogP contribution in [-0.4, -0.2) is 31.7 Å². The van der Waals surface area contributed by atoms with E-state index in [1.807, 2.05) is 60.7 Å². The topological polar surface area (TPSA) is 69.7 Å². The Kier molecular flexibility index (Phi) is 8.00. The van der Waals surface area contributed by atoms with Crippen LogP contribution in [0.3, 0.4) is 0 Å². The zero-order valence-electron chi connectivity index (χ0n) is 20.0. The lowest BCUT2D eigenvalue weighted by molar-refractivity contribution is 0.102. The summed E-state index contributed by atoms with van der Waals surface area (Å²) in [6.45, 7) is 2.79. The highest BCUT2D eigenvalue weighted by Gasteiger charge is 2.17. The Balaban J connectivity index is 1.59. The zero-order chi connectivity index (χ0) is 24.6. The van der Waals surface area contributed by atoms with Gasteiger partial charge in [-0.3, -0.25) is 10.1 Å². The largest absolute Gasteiger partial charge is 0.497 e. The van der Waals surface area contributed by atoms with Crippen LogP contribution in [0, 0.1) is 0 Å². The molecule has 35 heavy (non-hydrogen) atoms. The van der Waals surface area contributed by atoms with Gasteiger partial charge in [0.05, 0.1) is 31.4 Å². The molecule has 0 aliphatic carbocycles. The number of hydrogen-bond acceptors (Lipinski definition) is 6. The average Bonchev–Trinajstić information content (AvgIpc) is 3.33. The molecule has 1 N–H and O–H groups in total. The van der Waals surface area contributed by atoms with Crippen LogP contribution in [0.2, 0.25) is 0 Å². The van der Waals surface area contributed by atoms with Crippen molar-refractivity contribution in [2.45, 2.75) is 19.8 Å². The minimum atomic E-state index is -0.221. The van der Waals surface area contributed by atoms with Crippen LogP contribution in [0.4, 0.5) is 5.13 Å². The Bertz CT molecular complexity index is 1180. The Labute approximate surface area is 209 Å². The maximum absolute atomic E-state index is 12.9. The van der Waals surface area contributed by atoms with E-state index in [0.717, 1.165) is 51.8 Å². The molecule has 1 aromatic heterocycles. The van der Waals surface area contributed by atoms with E-state index in [-0.39, 0.29) is 5.91 Å². The molecule has 0 fully saturated rings. The second kappa shape index (κ2) is 11.5. The number of hydrogen-bond donors (Lipinski definition) is 1. The Hall–Kier alpha value is -3.84. The van der Waals surface area contributed by atoms with Gasteiger partial charge >= 0.3 is 0 Å². The number of ether oxygens (including phenoxy) is 3. The van der Waals surface area contributed by atoms with E-state index in [1.54, 1.807) is 26.4 Å². The first-order chi connectivity index (χ1) is 17.1. The van der Waals surface area contributed by atoms with Gasteiger partial charge in [0.2, 0.25) is 0 Å². The molecule has 0 aliphatic rings. The molecule has 0 saturated heterocycles. The molecule has 4 rings (SSSR count). The lowest BCUT2D eigenvalue weighted by Crippen LogP contribution is -2.11. The number of rotatable bonds is 10. The molecule has 1 amide bonds. The van der Waals surface area contributed by atoms with Gasteiger partial charge in [0.25, 0.3) is 5.91 Å². The van der Waals surface area contributed by atoms with Crippen LogP contribution in [0.5, 0.6) is 17.2 Å². The van der Waals surface area contributed by atoms with Crippen molar-refractivity contribution in [3.8, 4) is 38.9 Å². The number of carbonyl (C=O) groups excluding carboxylic acids is 1. The molecule has 7 heteroatoms. The summed E-state index contributed by atoms with van der Waals surface area (Å²) in [5, 5.41) is 3.48. The normalized spacial score (nSPS) is 10.6. The zero-order valence-corrected chi connectivity index (χ0v) is 20.9. The van der Waals surface area contributed by atoms with Crippen LogP contribution < -0.4 is 19.5 Å². The molecule has 0 radical (unpaired) electrons. The van der Waals surface area contributed by atoms with Crippen molar-refractivity contribution in [1.29, 1.82) is 0 Å². The number of nitrogens with one attached hydrogen (secondary N) is 1. The predicted molar refractivity (Wildman–Crippen MR) is 141 cm³/mol. The molecule has 0 bridgehead atoms. The standard InChI is InChI=1S/C28H28N2O4S/c1-4-5-18-34-24-16-10-21(11-17-24)27(31)30-28-29-25(19-6-12-22(32-2)13-7-19)26(35-28)20-8-14-23(33-3)15-9-20/h6-17H,4-5,18H2,1-3H3,(H,29,30,31). The van der Waals surface area contributed by atoms with Gasteiger partial charge in [-0.2, -0.15) is 0 Å². The van der Waals surface area contributed by atoms with Crippen molar-refractivity contribution in [3.63, 3.8) is 0 Å². The van der Waals surface area contributed by atoms with Crippen LogP contribution in [0.25, 0.3) is 21.7 Å². The third-order valence-electron chi connectivity index (χ3n) is 5.45. The van der Waals surface area contributed by atoms with Crippen molar-refractivity contribution >= 4 is 22.4 Å². The number of thiazole rings is 1. The summed E-state index contributed by atoms with van der Waals surface area (Å²) < 4.78 is 16.3. The van der Waals surface area contributed by atoms with Crippen LogP contribution in [-0.2, 0) is 0 Å². The molecule has 0 atom stereocenters. The number of nitrogens with zero attached hydrogens (tertiary/aromatic N) is 1. The average molecular weight is 489 g/mol. The first kappa shape index (κ1) is 24.3. The van der Waals surface area contributed by atoms with E-state index in [0.29, 0.717) is 17.3 Å². The fourth-order valence-electron chi connectivity index (χ4n) is 3.46. The molecule has 3 aromatic carbocycles. The van der Waals surface area contributed by atoms with E-state index < -0.39 is 0 Å². The minimum Gasteiger partial charge on any atom is -0.497 e. The van der Waals surface area contributed by atoms with Crippen molar-refractivity contribution in [2.24, 2.45) is 0 Å². The summed E-state index contributed by atoms with van der Waals surface area (Å²) in [6.07, 6.45) is 2.07. The van der Waals surface area contributed by atoms with Gasteiger partial charge in [-0.1, -0.05) is 24.7 Å². The molecular formula is C28H28N2O4S. The van der Waals surface area contributed by atoms with E-state index in [2.05, 4.69) is 12.2 Å². The SMILES string of the molecule is CCCCOc1ccc(C(=O)Nc2nc(-c3ccc(OC)cc3)c(-c3ccc(OC)cc3)s2)cc1. The van der Waals surface area contributed by atoms with Gasteiger partial charge in [-0.15, -0.1) is 0 Å². The van der Waals surface area contributed by atoms with E-state index in [4.69, 9.17) is 19.2 Å². The first-order valence-electron chi connectivity index (χ1n) is 11.4. The summed E-state index contributed by atoms with van der Waals surface area (Å²) in [5.74, 6) is 2.08. The highest BCUT2D eigenvalue weighted by molar-refractivity contribution is 7.19. The lowest BCUT2D eigenvalue weighted by Gasteiger charge is -2.06. The quantitative estimate of drug-likeness (QED) is 0.245. The van der Waals surface area contributed by atoms with Gasteiger partial charge in [0, 0.05) is 11.1 Å². The van der Waals surface area contributed by atoms with E-state index in [9.17, 15) is 4.79 Å².